The molecule has 1 aliphatic heterocycles. The van der Waals surface area contributed by atoms with E-state index in [1.807, 2.05) is 6.07 Å². The van der Waals surface area contributed by atoms with Gasteiger partial charge in [-0.3, -0.25) is 14.5 Å². The second-order valence-corrected chi connectivity index (χ2v) is 7.16. The van der Waals surface area contributed by atoms with Crippen molar-refractivity contribution in [2.24, 2.45) is 0 Å². The summed E-state index contributed by atoms with van der Waals surface area (Å²) in [6.07, 6.45) is 0.853. The number of H-pyrrole nitrogens is 1. The molecular weight excluding hydrogens is 330 g/mol. The van der Waals surface area contributed by atoms with Gasteiger partial charge in [0, 0.05) is 50.9 Å². The summed E-state index contributed by atoms with van der Waals surface area (Å²) >= 11 is 0. The van der Waals surface area contributed by atoms with Gasteiger partial charge in [-0.25, -0.2) is 0 Å². The van der Waals surface area contributed by atoms with E-state index in [0.717, 1.165) is 37.4 Å². The number of pyridine rings is 1. The average Bonchev–Trinajstić information content (AvgIpc) is 2.60. The Hall–Kier alpha value is -2.17. The summed E-state index contributed by atoms with van der Waals surface area (Å²) in [5.74, 6) is -0.00511. The first kappa shape index (κ1) is 20.1. The number of hydrogen-bond acceptors (Lipinski definition) is 5. The summed E-state index contributed by atoms with van der Waals surface area (Å²) in [5.41, 5.74) is 2.05. The van der Waals surface area contributed by atoms with Crippen LogP contribution >= 0.6 is 0 Å². The zero-order valence-corrected chi connectivity index (χ0v) is 16.2. The van der Waals surface area contributed by atoms with Crippen molar-refractivity contribution in [1.82, 2.24) is 20.1 Å². The van der Waals surface area contributed by atoms with Crippen LogP contribution in [-0.2, 0) is 11.2 Å². The van der Waals surface area contributed by atoms with Gasteiger partial charge in [0.05, 0.1) is 0 Å². The van der Waals surface area contributed by atoms with E-state index in [1.165, 1.54) is 0 Å². The Morgan fingerprint density at radius 1 is 1.31 bits per heavy atom. The number of aromatic nitrogens is 1. The third-order valence-corrected chi connectivity index (χ3v) is 5.28. The molecule has 1 aromatic rings. The van der Waals surface area contributed by atoms with Crippen LogP contribution in [0.25, 0.3) is 0 Å². The van der Waals surface area contributed by atoms with Gasteiger partial charge in [0.2, 0.25) is 5.91 Å². The van der Waals surface area contributed by atoms with Gasteiger partial charge in [-0.2, -0.15) is 5.26 Å². The highest BCUT2D eigenvalue weighted by Gasteiger charge is 2.19. The molecule has 1 saturated heterocycles. The van der Waals surface area contributed by atoms with Crippen LogP contribution in [0, 0.1) is 25.2 Å². The maximum Gasteiger partial charge on any atom is 0.266 e. The molecule has 1 amide bonds. The van der Waals surface area contributed by atoms with Crippen LogP contribution in [0.1, 0.15) is 35.7 Å². The number of aromatic amines is 1. The van der Waals surface area contributed by atoms with Crippen LogP contribution in [0.3, 0.4) is 0 Å². The Kier molecular flexibility index (Phi) is 6.95. The largest absolute Gasteiger partial charge is 0.355 e. The van der Waals surface area contributed by atoms with Crippen LogP contribution in [-0.4, -0.2) is 66.5 Å². The molecule has 1 atom stereocenters. The molecule has 7 nitrogen and oxygen atoms in total. The summed E-state index contributed by atoms with van der Waals surface area (Å²) in [6.45, 7) is 10.5. The lowest BCUT2D eigenvalue weighted by molar-refractivity contribution is -0.121. The van der Waals surface area contributed by atoms with E-state index in [0.29, 0.717) is 31.0 Å². The number of carbonyl (C=O) groups is 1. The molecular formula is C19H29N5O2. The average molecular weight is 359 g/mol. The van der Waals surface area contributed by atoms with E-state index in [2.05, 4.69) is 34.1 Å². The smallest absolute Gasteiger partial charge is 0.266 e. The third-order valence-electron chi connectivity index (χ3n) is 5.28. The van der Waals surface area contributed by atoms with Crippen LogP contribution < -0.4 is 10.9 Å². The highest BCUT2D eigenvalue weighted by atomic mass is 16.1. The molecule has 1 aliphatic rings. The summed E-state index contributed by atoms with van der Waals surface area (Å²) < 4.78 is 0. The molecule has 0 aliphatic carbocycles. The van der Waals surface area contributed by atoms with Crippen molar-refractivity contribution in [3.05, 3.63) is 32.7 Å². The number of likely N-dealkylation sites (N-methyl/N-ethyl adjacent to an activating group) is 1. The van der Waals surface area contributed by atoms with Crippen LogP contribution in [0.2, 0.25) is 0 Å². The van der Waals surface area contributed by atoms with Crippen molar-refractivity contribution in [2.45, 2.75) is 39.7 Å². The summed E-state index contributed by atoms with van der Waals surface area (Å²) in [7, 11) is 2.13. The Morgan fingerprint density at radius 2 is 1.96 bits per heavy atom. The maximum absolute atomic E-state index is 12.2. The van der Waals surface area contributed by atoms with Crippen molar-refractivity contribution < 1.29 is 4.79 Å². The van der Waals surface area contributed by atoms with Gasteiger partial charge in [-0.05, 0) is 45.4 Å². The van der Waals surface area contributed by atoms with Gasteiger partial charge in [-0.1, -0.05) is 0 Å². The lowest BCUT2D eigenvalue weighted by Gasteiger charge is -2.36. The number of aryl methyl sites for hydroxylation is 1. The number of piperazine rings is 1. The first-order valence-electron chi connectivity index (χ1n) is 9.15. The molecule has 1 fully saturated rings. The van der Waals surface area contributed by atoms with E-state index in [-0.39, 0.29) is 17.0 Å². The van der Waals surface area contributed by atoms with Crippen molar-refractivity contribution in [3.63, 3.8) is 0 Å². The minimum atomic E-state index is -0.364. The topological polar surface area (TPSA) is 92.2 Å². The SMILES string of the molecule is Cc1[nH]c(=O)c(C#N)c(C)c1CCC(=O)NCC(C)N1CCN(C)CC1. The van der Waals surface area contributed by atoms with Crippen LogP contribution in [0.4, 0.5) is 0 Å². The van der Waals surface area contributed by atoms with Crippen molar-refractivity contribution in [2.75, 3.05) is 39.8 Å². The predicted octanol–water partition coefficient (Wildman–Crippen LogP) is 0.548. The minimum Gasteiger partial charge on any atom is -0.355 e. The first-order valence-corrected chi connectivity index (χ1v) is 9.15. The number of carbonyl (C=O) groups excluding carboxylic acids is 1. The van der Waals surface area contributed by atoms with E-state index >= 15 is 0 Å². The Balaban J connectivity index is 1.86. The molecule has 0 radical (unpaired) electrons. The number of amides is 1. The van der Waals surface area contributed by atoms with Crippen LogP contribution in [0.15, 0.2) is 4.79 Å². The standard InChI is InChI=1S/C19H29N5O2/c1-13(24-9-7-23(4)8-10-24)12-21-18(25)6-5-16-14(2)17(11-20)19(26)22-15(16)3/h13H,5-10,12H2,1-4H3,(H,21,25)(H,22,26). The van der Waals surface area contributed by atoms with E-state index in [1.54, 1.807) is 13.8 Å². The Labute approximate surface area is 155 Å². The molecule has 26 heavy (non-hydrogen) atoms. The van der Waals surface area contributed by atoms with Gasteiger partial charge < -0.3 is 15.2 Å². The highest BCUT2D eigenvalue weighted by molar-refractivity contribution is 5.76. The number of rotatable bonds is 6. The molecule has 2 heterocycles. The number of hydrogen-bond donors (Lipinski definition) is 2. The normalized spacial score (nSPS) is 16.9. The fraction of sp³-hybridized carbons (Fsp3) is 0.632. The molecule has 142 valence electrons. The Morgan fingerprint density at radius 3 is 2.58 bits per heavy atom. The molecule has 1 aromatic heterocycles. The predicted molar refractivity (Wildman–Crippen MR) is 101 cm³/mol. The molecule has 0 bridgehead atoms. The van der Waals surface area contributed by atoms with Crippen molar-refractivity contribution >= 4 is 5.91 Å². The van der Waals surface area contributed by atoms with Gasteiger partial charge >= 0.3 is 0 Å². The summed E-state index contributed by atoms with van der Waals surface area (Å²) in [4.78, 5) is 31.4. The second kappa shape index (κ2) is 8.97. The molecule has 2 N–H and O–H groups in total. The number of nitrogens with zero attached hydrogens (tertiary/aromatic N) is 3. The fourth-order valence-electron chi connectivity index (χ4n) is 3.40. The quantitative estimate of drug-likeness (QED) is 0.774. The monoisotopic (exact) mass is 359 g/mol. The van der Waals surface area contributed by atoms with Gasteiger partial charge in [0.15, 0.2) is 0 Å². The first-order chi connectivity index (χ1) is 12.3. The summed E-state index contributed by atoms with van der Waals surface area (Å²) in [6, 6.07) is 2.26. The van der Waals surface area contributed by atoms with E-state index in [4.69, 9.17) is 5.26 Å². The number of nitriles is 1. The van der Waals surface area contributed by atoms with E-state index < -0.39 is 0 Å². The molecule has 2 rings (SSSR count). The van der Waals surface area contributed by atoms with E-state index in [9.17, 15) is 9.59 Å². The maximum atomic E-state index is 12.2. The molecule has 0 spiro atoms. The third kappa shape index (κ3) is 4.93. The van der Waals surface area contributed by atoms with Crippen LogP contribution in [0.5, 0.6) is 0 Å². The van der Waals surface area contributed by atoms with Gasteiger partial charge in [0.1, 0.15) is 11.6 Å². The van der Waals surface area contributed by atoms with Gasteiger partial charge in [-0.15, -0.1) is 0 Å². The van der Waals surface area contributed by atoms with Gasteiger partial charge in [0.25, 0.3) is 5.56 Å². The lowest BCUT2D eigenvalue weighted by atomic mass is 9.99. The molecule has 0 saturated carbocycles. The Bertz CT molecular complexity index is 742. The zero-order valence-electron chi connectivity index (χ0n) is 16.2. The fourth-order valence-corrected chi connectivity index (χ4v) is 3.40. The minimum absolute atomic E-state index is 0.00511. The molecule has 7 heteroatoms. The van der Waals surface area contributed by atoms with Crippen molar-refractivity contribution in [1.29, 1.82) is 5.26 Å². The highest BCUT2D eigenvalue weighted by Crippen LogP contribution is 2.15. The second-order valence-electron chi connectivity index (χ2n) is 7.16. The lowest BCUT2D eigenvalue weighted by Crippen LogP contribution is -2.51. The zero-order chi connectivity index (χ0) is 19.3. The summed E-state index contributed by atoms with van der Waals surface area (Å²) in [5, 5.41) is 12.1. The van der Waals surface area contributed by atoms with Crippen molar-refractivity contribution in [3.8, 4) is 6.07 Å². The number of nitrogens with one attached hydrogen (secondary N) is 2. The molecule has 1 unspecified atom stereocenters. The molecule has 0 aromatic carbocycles.